The molecule has 9 heteroatoms. The van der Waals surface area contributed by atoms with Gasteiger partial charge < -0.3 is 11.1 Å². The fourth-order valence-electron chi connectivity index (χ4n) is 2.15. The molecule has 0 aliphatic rings. The SMILES string of the molecule is CC(=O)c1ccc(S(=O)(=O)N(C)CCCC(=O)NCCC(C)N)cc1.Cl. The number of hydrogen-bond donors (Lipinski definition) is 2. The lowest BCUT2D eigenvalue weighted by atomic mass is 10.2. The van der Waals surface area contributed by atoms with Crippen molar-refractivity contribution in [2.75, 3.05) is 20.1 Å². The molecule has 1 atom stereocenters. The first-order chi connectivity index (χ1) is 11.6. The molecule has 3 N–H and O–H groups in total. The molecule has 0 radical (unpaired) electrons. The summed E-state index contributed by atoms with van der Waals surface area (Å²) in [7, 11) is -2.16. The molecule has 1 rings (SSSR count). The minimum absolute atomic E-state index is 0. The Morgan fingerprint density at radius 3 is 2.31 bits per heavy atom. The highest BCUT2D eigenvalue weighted by Crippen LogP contribution is 2.16. The summed E-state index contributed by atoms with van der Waals surface area (Å²) in [6.45, 7) is 4.05. The lowest BCUT2D eigenvalue weighted by molar-refractivity contribution is -0.121. The standard InChI is InChI=1S/C17H27N3O4S.ClH/c1-13(18)10-11-19-17(22)5-4-12-20(3)25(23,24)16-8-6-15(7-9-16)14(2)21;/h6-9,13H,4-5,10-12,18H2,1-3H3,(H,19,22);1H. The van der Waals surface area contributed by atoms with Crippen molar-refractivity contribution in [2.45, 2.75) is 44.0 Å². The molecule has 0 aliphatic heterocycles. The molecule has 0 aromatic heterocycles. The zero-order valence-corrected chi connectivity index (χ0v) is 17.0. The molecule has 0 saturated heterocycles. The third kappa shape index (κ3) is 7.82. The number of nitrogens with zero attached hydrogens (tertiary/aromatic N) is 1. The van der Waals surface area contributed by atoms with Crippen LogP contribution in [0, 0.1) is 0 Å². The van der Waals surface area contributed by atoms with Gasteiger partial charge >= 0.3 is 0 Å². The Labute approximate surface area is 161 Å². The lowest BCUT2D eigenvalue weighted by Gasteiger charge is -2.17. The van der Waals surface area contributed by atoms with Gasteiger partial charge in [-0.1, -0.05) is 12.1 Å². The van der Waals surface area contributed by atoms with Crippen molar-refractivity contribution in [1.29, 1.82) is 0 Å². The summed E-state index contributed by atoms with van der Waals surface area (Å²) in [6, 6.07) is 5.86. The quantitative estimate of drug-likeness (QED) is 0.574. The monoisotopic (exact) mass is 405 g/mol. The maximum atomic E-state index is 12.5. The Morgan fingerprint density at radius 2 is 1.81 bits per heavy atom. The minimum Gasteiger partial charge on any atom is -0.356 e. The van der Waals surface area contributed by atoms with Crippen LogP contribution < -0.4 is 11.1 Å². The number of halogens is 1. The van der Waals surface area contributed by atoms with E-state index in [0.29, 0.717) is 24.9 Å². The molecule has 26 heavy (non-hydrogen) atoms. The normalized spacial score (nSPS) is 12.3. The summed E-state index contributed by atoms with van der Waals surface area (Å²) >= 11 is 0. The molecule has 1 aromatic rings. The van der Waals surface area contributed by atoms with Crippen LogP contribution in [0.5, 0.6) is 0 Å². The van der Waals surface area contributed by atoms with Gasteiger partial charge in [-0.3, -0.25) is 9.59 Å². The van der Waals surface area contributed by atoms with Crippen LogP contribution in [0.3, 0.4) is 0 Å². The van der Waals surface area contributed by atoms with E-state index in [0.717, 1.165) is 0 Å². The number of benzene rings is 1. The van der Waals surface area contributed by atoms with Crippen molar-refractivity contribution < 1.29 is 18.0 Å². The average molecular weight is 406 g/mol. The van der Waals surface area contributed by atoms with Gasteiger partial charge in [0.15, 0.2) is 5.78 Å². The third-order valence-electron chi connectivity index (χ3n) is 3.77. The van der Waals surface area contributed by atoms with Crippen LogP contribution in [0.1, 0.15) is 43.5 Å². The fourth-order valence-corrected chi connectivity index (χ4v) is 3.36. The maximum Gasteiger partial charge on any atom is 0.242 e. The Kier molecular flexibility index (Phi) is 10.6. The Hall–Kier alpha value is -1.48. The highest BCUT2D eigenvalue weighted by Gasteiger charge is 2.20. The number of sulfonamides is 1. The van der Waals surface area contributed by atoms with Gasteiger partial charge in [0.05, 0.1) is 4.90 Å². The highest BCUT2D eigenvalue weighted by molar-refractivity contribution is 7.89. The van der Waals surface area contributed by atoms with Gasteiger partial charge in [-0.05, 0) is 38.8 Å². The van der Waals surface area contributed by atoms with E-state index in [-0.39, 0.29) is 48.0 Å². The summed E-state index contributed by atoms with van der Waals surface area (Å²) in [5, 5.41) is 2.76. The van der Waals surface area contributed by atoms with Crippen molar-refractivity contribution in [3.05, 3.63) is 29.8 Å². The topological polar surface area (TPSA) is 110 Å². The van der Waals surface area contributed by atoms with Crippen molar-refractivity contribution in [3.8, 4) is 0 Å². The van der Waals surface area contributed by atoms with Gasteiger partial charge in [0.25, 0.3) is 0 Å². The van der Waals surface area contributed by atoms with E-state index < -0.39 is 10.0 Å². The van der Waals surface area contributed by atoms with E-state index in [9.17, 15) is 18.0 Å². The maximum absolute atomic E-state index is 12.5. The number of rotatable bonds is 10. The molecule has 0 heterocycles. The first-order valence-corrected chi connectivity index (χ1v) is 9.68. The molecule has 0 spiro atoms. The van der Waals surface area contributed by atoms with E-state index in [1.54, 1.807) is 0 Å². The summed E-state index contributed by atoms with van der Waals surface area (Å²) in [5.41, 5.74) is 6.07. The molecular formula is C17H28ClN3O4S. The van der Waals surface area contributed by atoms with E-state index >= 15 is 0 Å². The van der Waals surface area contributed by atoms with Crippen LogP contribution in [0.25, 0.3) is 0 Å². The zero-order chi connectivity index (χ0) is 19.0. The number of amides is 1. The van der Waals surface area contributed by atoms with Crippen molar-refractivity contribution >= 4 is 34.1 Å². The van der Waals surface area contributed by atoms with Gasteiger partial charge in [-0.15, -0.1) is 12.4 Å². The smallest absolute Gasteiger partial charge is 0.242 e. The molecular weight excluding hydrogens is 378 g/mol. The minimum atomic E-state index is -3.63. The van der Waals surface area contributed by atoms with Crippen LogP contribution in [0.4, 0.5) is 0 Å². The van der Waals surface area contributed by atoms with E-state index in [1.165, 1.54) is 42.5 Å². The second kappa shape index (κ2) is 11.3. The van der Waals surface area contributed by atoms with Gasteiger partial charge in [-0.25, -0.2) is 12.7 Å². The number of hydrogen-bond acceptors (Lipinski definition) is 5. The fraction of sp³-hybridized carbons (Fsp3) is 0.529. The molecule has 0 aliphatic carbocycles. The number of Topliss-reactive ketones (excluding diaryl/α,β-unsaturated/α-hetero) is 1. The van der Waals surface area contributed by atoms with Gasteiger partial charge in [0.1, 0.15) is 0 Å². The van der Waals surface area contributed by atoms with Crippen LogP contribution in [0.15, 0.2) is 29.2 Å². The Balaban J connectivity index is 0.00000625. The number of carbonyl (C=O) groups excluding carboxylic acids is 2. The molecule has 0 saturated carbocycles. The third-order valence-corrected chi connectivity index (χ3v) is 5.64. The first-order valence-electron chi connectivity index (χ1n) is 8.24. The van der Waals surface area contributed by atoms with Gasteiger partial charge in [-0.2, -0.15) is 0 Å². The largest absolute Gasteiger partial charge is 0.356 e. The van der Waals surface area contributed by atoms with Crippen molar-refractivity contribution in [2.24, 2.45) is 5.73 Å². The zero-order valence-electron chi connectivity index (χ0n) is 15.4. The van der Waals surface area contributed by atoms with E-state index in [1.807, 2.05) is 6.92 Å². The molecule has 0 fully saturated rings. The van der Waals surface area contributed by atoms with Gasteiger partial charge in [0.2, 0.25) is 15.9 Å². The second-order valence-corrected chi connectivity index (χ2v) is 8.17. The molecule has 1 unspecified atom stereocenters. The molecule has 7 nitrogen and oxygen atoms in total. The Morgan fingerprint density at radius 1 is 1.23 bits per heavy atom. The summed E-state index contributed by atoms with van der Waals surface area (Å²) in [6.07, 6.45) is 1.38. The van der Waals surface area contributed by atoms with Crippen molar-refractivity contribution in [3.63, 3.8) is 0 Å². The van der Waals surface area contributed by atoms with E-state index in [4.69, 9.17) is 5.73 Å². The summed E-state index contributed by atoms with van der Waals surface area (Å²) < 4.78 is 26.1. The average Bonchev–Trinajstić information content (AvgIpc) is 2.54. The van der Waals surface area contributed by atoms with E-state index in [2.05, 4.69) is 5.32 Å². The predicted molar refractivity (Wildman–Crippen MR) is 104 cm³/mol. The molecule has 148 valence electrons. The van der Waals surface area contributed by atoms with Crippen molar-refractivity contribution in [1.82, 2.24) is 9.62 Å². The first kappa shape index (κ1) is 24.5. The molecule has 1 amide bonds. The number of nitrogens with two attached hydrogens (primary N) is 1. The number of carbonyl (C=O) groups is 2. The second-order valence-electron chi connectivity index (χ2n) is 6.13. The van der Waals surface area contributed by atoms with Crippen LogP contribution in [-0.2, 0) is 14.8 Å². The summed E-state index contributed by atoms with van der Waals surface area (Å²) in [5.74, 6) is -0.232. The highest BCUT2D eigenvalue weighted by atomic mass is 35.5. The van der Waals surface area contributed by atoms with Crippen LogP contribution in [-0.4, -0.2) is 50.6 Å². The van der Waals surface area contributed by atoms with Crippen LogP contribution in [0.2, 0.25) is 0 Å². The summed E-state index contributed by atoms with van der Waals surface area (Å²) in [4.78, 5) is 23.1. The molecule has 1 aromatic carbocycles. The number of ketones is 1. The van der Waals surface area contributed by atoms with Gasteiger partial charge in [0, 0.05) is 38.2 Å². The number of nitrogens with one attached hydrogen (secondary N) is 1. The molecule has 0 bridgehead atoms. The van der Waals surface area contributed by atoms with Crippen LogP contribution >= 0.6 is 12.4 Å². The predicted octanol–water partition coefficient (Wildman–Crippen LogP) is 1.57. The lowest BCUT2D eigenvalue weighted by Crippen LogP contribution is -2.31. The Bertz CT molecular complexity index is 690.